The average molecular weight is 906 g/mol. The number of aryl methyl sites for hydroxylation is 3. The number of aromatic nitrogens is 2. The fraction of sp³-hybridized carbons (Fsp3) is 0.264. The number of hydrogen-bond acceptors (Lipinski definition) is 9. The van der Waals surface area contributed by atoms with Gasteiger partial charge in [0.05, 0.1) is 60.8 Å². The lowest BCUT2D eigenvalue weighted by atomic mass is 10.1. The lowest BCUT2D eigenvalue weighted by Gasteiger charge is -2.11. The second-order valence-corrected chi connectivity index (χ2v) is 16.2. The summed E-state index contributed by atoms with van der Waals surface area (Å²) in [6, 6.07) is 40.0. The van der Waals surface area contributed by atoms with E-state index in [0.29, 0.717) is 63.9 Å². The van der Waals surface area contributed by atoms with Gasteiger partial charge in [0.15, 0.2) is 11.5 Å². The highest BCUT2D eigenvalue weighted by Crippen LogP contribution is 2.34. The number of ketones is 1. The number of hydrogen-bond donors (Lipinski definition) is 2. The molecule has 2 N–H and O–H groups in total. The van der Waals surface area contributed by atoms with Crippen LogP contribution in [0.25, 0.3) is 43.6 Å². The summed E-state index contributed by atoms with van der Waals surface area (Å²) in [5.41, 5.74) is 5.74. The first-order chi connectivity index (χ1) is 32.7. The quantitative estimate of drug-likeness (QED) is 0.0398. The summed E-state index contributed by atoms with van der Waals surface area (Å²) < 4.78 is 27.4. The molecule has 14 heteroatoms. The summed E-state index contributed by atoms with van der Waals surface area (Å²) in [6.45, 7) is 2.71. The SMILES string of the molecule is O=C(O)CCn1c2ccccc2c2ccc(OCCCCOc3cccc4c3C(=O)CC4)cc21.O=C(O)CCn1c2ccccc2c2ccc(OCCCCOc3ccccc3[N+](=O)[O-])cc21. The molecule has 0 atom stereocenters. The molecule has 0 amide bonds. The third-order valence-electron chi connectivity index (χ3n) is 11.8. The first kappa shape index (κ1) is 45.7. The summed E-state index contributed by atoms with van der Waals surface area (Å²) in [7, 11) is 0. The molecule has 0 saturated carbocycles. The molecule has 344 valence electrons. The molecule has 1 aliphatic rings. The van der Waals surface area contributed by atoms with Crippen LogP contribution in [0, 0.1) is 10.1 Å². The maximum atomic E-state index is 12.1. The molecule has 6 aromatic carbocycles. The molecular formula is C53H51N3O11. The highest BCUT2D eigenvalue weighted by Gasteiger charge is 2.23. The Bertz CT molecular complexity index is 3080. The summed E-state index contributed by atoms with van der Waals surface area (Å²) in [5, 5.41) is 33.7. The van der Waals surface area contributed by atoms with Crippen molar-refractivity contribution in [3.63, 3.8) is 0 Å². The van der Waals surface area contributed by atoms with Crippen LogP contribution in [0.3, 0.4) is 0 Å². The van der Waals surface area contributed by atoms with Crippen molar-refractivity contribution in [3.8, 4) is 23.0 Å². The van der Waals surface area contributed by atoms with Crippen molar-refractivity contribution < 1.29 is 48.5 Å². The van der Waals surface area contributed by atoms with E-state index < -0.39 is 16.9 Å². The second-order valence-electron chi connectivity index (χ2n) is 16.2. The minimum atomic E-state index is -0.837. The molecule has 0 saturated heterocycles. The largest absolute Gasteiger partial charge is 0.494 e. The number of nitro benzene ring substituents is 1. The lowest BCUT2D eigenvalue weighted by Crippen LogP contribution is -2.05. The highest BCUT2D eigenvalue weighted by molar-refractivity contribution is 6.09. The van der Waals surface area contributed by atoms with Gasteiger partial charge in [0.25, 0.3) is 0 Å². The molecule has 0 bridgehead atoms. The summed E-state index contributed by atoms with van der Waals surface area (Å²) in [5.74, 6) is 0.955. The van der Waals surface area contributed by atoms with Gasteiger partial charge in [-0.2, -0.15) is 0 Å². The van der Waals surface area contributed by atoms with E-state index in [0.717, 1.165) is 86.2 Å². The van der Waals surface area contributed by atoms with Crippen LogP contribution in [0.15, 0.2) is 127 Å². The van der Waals surface area contributed by atoms with E-state index in [4.69, 9.17) is 29.2 Å². The van der Waals surface area contributed by atoms with Crippen molar-refractivity contribution in [1.29, 1.82) is 0 Å². The van der Waals surface area contributed by atoms with Gasteiger partial charge in [-0.05, 0) is 86.2 Å². The number of unbranched alkanes of at least 4 members (excludes halogenated alkanes) is 2. The first-order valence-corrected chi connectivity index (χ1v) is 22.5. The number of Topliss-reactive ketones (excluding diaryl/α,β-unsaturated/α-hetero) is 1. The van der Waals surface area contributed by atoms with Gasteiger partial charge in [-0.1, -0.05) is 60.7 Å². The van der Waals surface area contributed by atoms with Crippen LogP contribution in [-0.2, 0) is 29.1 Å². The number of nitrogens with zero attached hydrogens (tertiary/aromatic N) is 3. The number of para-hydroxylation sites is 4. The van der Waals surface area contributed by atoms with Gasteiger partial charge in [0.1, 0.15) is 17.2 Å². The van der Waals surface area contributed by atoms with Crippen LogP contribution >= 0.6 is 0 Å². The third kappa shape index (κ3) is 10.8. The van der Waals surface area contributed by atoms with Crippen LogP contribution in [0.1, 0.15) is 60.9 Å². The molecule has 1 aliphatic carbocycles. The van der Waals surface area contributed by atoms with E-state index in [1.54, 1.807) is 18.2 Å². The smallest absolute Gasteiger partial charge is 0.310 e. The molecule has 8 aromatic rings. The number of nitro groups is 1. The van der Waals surface area contributed by atoms with Crippen molar-refractivity contribution in [1.82, 2.24) is 9.13 Å². The molecule has 9 rings (SSSR count). The van der Waals surface area contributed by atoms with Crippen LogP contribution in [0.2, 0.25) is 0 Å². The number of carbonyl (C=O) groups excluding carboxylic acids is 1. The summed E-state index contributed by atoms with van der Waals surface area (Å²) in [6.07, 6.45) is 4.53. The Labute approximate surface area is 386 Å². The van der Waals surface area contributed by atoms with Crippen LogP contribution in [0.5, 0.6) is 23.0 Å². The molecule has 0 spiro atoms. The van der Waals surface area contributed by atoms with Crippen LogP contribution in [0.4, 0.5) is 5.69 Å². The lowest BCUT2D eigenvalue weighted by molar-refractivity contribution is -0.385. The number of benzene rings is 6. The van der Waals surface area contributed by atoms with Crippen molar-refractivity contribution in [2.75, 3.05) is 26.4 Å². The molecular weight excluding hydrogens is 855 g/mol. The van der Waals surface area contributed by atoms with Gasteiger partial charge in [-0.3, -0.25) is 24.5 Å². The van der Waals surface area contributed by atoms with E-state index in [1.165, 1.54) is 6.07 Å². The third-order valence-corrected chi connectivity index (χ3v) is 11.8. The molecule has 0 radical (unpaired) electrons. The number of aliphatic carboxylic acids is 2. The number of fused-ring (bicyclic) bond motifs is 7. The number of ether oxygens (including phenoxy) is 4. The Kier molecular flexibility index (Phi) is 14.6. The molecule has 0 fully saturated rings. The maximum Gasteiger partial charge on any atom is 0.310 e. The normalized spacial score (nSPS) is 12.0. The van der Waals surface area contributed by atoms with Crippen LogP contribution in [-0.4, -0.2) is 68.4 Å². The molecule has 0 unspecified atom stereocenters. The van der Waals surface area contributed by atoms with Gasteiger partial charge < -0.3 is 38.3 Å². The molecule has 2 heterocycles. The first-order valence-electron chi connectivity index (χ1n) is 22.5. The molecule has 67 heavy (non-hydrogen) atoms. The second kappa shape index (κ2) is 21.4. The van der Waals surface area contributed by atoms with Crippen molar-refractivity contribution in [2.45, 2.75) is 64.5 Å². The number of carboxylic acid groups (broad SMARTS) is 2. The zero-order valence-corrected chi connectivity index (χ0v) is 36.9. The Balaban J connectivity index is 0.000000182. The maximum absolute atomic E-state index is 12.1. The van der Waals surface area contributed by atoms with E-state index in [2.05, 4.69) is 10.6 Å². The minimum absolute atomic E-state index is 0.0401. The Hall–Kier alpha value is -7.87. The fourth-order valence-electron chi connectivity index (χ4n) is 8.61. The zero-order chi connectivity index (χ0) is 46.7. The molecule has 14 nitrogen and oxygen atoms in total. The number of carbonyl (C=O) groups is 3. The Morgan fingerprint density at radius 2 is 1.00 bits per heavy atom. The van der Waals surface area contributed by atoms with Crippen molar-refractivity contribution in [2.24, 2.45) is 0 Å². The number of carboxylic acids is 2. The van der Waals surface area contributed by atoms with Gasteiger partial charge in [0.2, 0.25) is 0 Å². The van der Waals surface area contributed by atoms with Gasteiger partial charge in [0, 0.05) is 70.3 Å². The summed E-state index contributed by atoms with van der Waals surface area (Å²) >= 11 is 0. The van der Waals surface area contributed by atoms with Gasteiger partial charge in [-0.25, -0.2) is 0 Å². The van der Waals surface area contributed by atoms with Crippen LogP contribution < -0.4 is 18.9 Å². The predicted molar refractivity (Wildman–Crippen MR) is 256 cm³/mol. The zero-order valence-electron chi connectivity index (χ0n) is 36.9. The topological polar surface area (TPSA) is 182 Å². The minimum Gasteiger partial charge on any atom is -0.494 e. The standard InChI is InChI=1S/C28H27NO5.C25H24N2O6/c30-25-13-10-19-6-5-9-26(28(19)25)34-17-4-3-16-33-20-11-12-22-21-7-1-2-8-23(21)29(24(22)18-20)15-14-27(31)32;28-25(29)13-14-26-21-8-2-1-7-19(21)20-12-11-18(17-23(20)26)32-15-5-6-16-33-24-10-4-3-9-22(24)27(30)31/h1-2,5-9,11-12,18H,3-4,10,13-17H2,(H,31,32);1-4,7-12,17H,5-6,13-16H2,(H,28,29). The van der Waals surface area contributed by atoms with E-state index >= 15 is 0 Å². The Morgan fingerprint density at radius 3 is 1.54 bits per heavy atom. The average Bonchev–Trinajstić information content (AvgIpc) is 3.98. The predicted octanol–water partition coefficient (Wildman–Crippen LogP) is 11.1. The van der Waals surface area contributed by atoms with E-state index in [-0.39, 0.29) is 30.1 Å². The van der Waals surface area contributed by atoms with Crippen molar-refractivity contribution in [3.05, 3.63) is 149 Å². The fourth-order valence-corrected chi connectivity index (χ4v) is 8.61. The Morgan fingerprint density at radius 1 is 0.537 bits per heavy atom. The highest BCUT2D eigenvalue weighted by atomic mass is 16.6. The van der Waals surface area contributed by atoms with Crippen molar-refractivity contribution >= 4 is 67.0 Å². The van der Waals surface area contributed by atoms with Gasteiger partial charge in [-0.15, -0.1) is 0 Å². The summed E-state index contributed by atoms with van der Waals surface area (Å²) in [4.78, 5) is 45.0. The monoisotopic (exact) mass is 905 g/mol. The van der Waals surface area contributed by atoms with E-state index in [1.807, 2.05) is 102 Å². The number of rotatable bonds is 21. The molecule has 0 aliphatic heterocycles. The molecule has 2 aromatic heterocycles. The van der Waals surface area contributed by atoms with Gasteiger partial charge >= 0.3 is 17.6 Å². The van der Waals surface area contributed by atoms with E-state index in [9.17, 15) is 24.5 Å².